The Hall–Kier alpha value is -2.56. The predicted molar refractivity (Wildman–Crippen MR) is 68.6 cm³/mol. The van der Waals surface area contributed by atoms with Gasteiger partial charge in [-0.15, -0.1) is 10.2 Å². The average molecular weight is 348 g/mol. The van der Waals surface area contributed by atoms with Crippen LogP contribution in [0, 0.1) is 0 Å². The number of aromatic nitrogens is 2. The van der Waals surface area contributed by atoms with Crippen LogP contribution in [0.4, 0.5) is 22.0 Å². The molecule has 1 aromatic heterocycles. The molecule has 1 N–H and O–H groups in total. The number of rotatable bonds is 3. The third-order valence-corrected chi connectivity index (χ3v) is 3.22. The van der Waals surface area contributed by atoms with Crippen LogP contribution in [0.25, 0.3) is 11.5 Å². The molecule has 2 aromatic rings. The molecule has 6 nitrogen and oxygen atoms in total. The number of benzene rings is 1. The second-order valence-electron chi connectivity index (χ2n) is 5.03. The molecule has 128 valence electrons. The normalized spacial score (nSPS) is 15.5. The van der Waals surface area contributed by atoms with Crippen molar-refractivity contribution in [1.82, 2.24) is 20.6 Å². The smallest absolute Gasteiger partial charge is 0.403 e. The maximum atomic E-state index is 12.5. The van der Waals surface area contributed by atoms with E-state index in [-0.39, 0.29) is 23.6 Å². The van der Waals surface area contributed by atoms with Gasteiger partial charge in [-0.25, -0.2) is 5.01 Å². The van der Waals surface area contributed by atoms with Crippen molar-refractivity contribution in [1.29, 1.82) is 0 Å². The molecule has 0 aliphatic carbocycles. The first-order valence-electron chi connectivity index (χ1n) is 6.60. The van der Waals surface area contributed by atoms with Gasteiger partial charge in [0.05, 0.1) is 0 Å². The number of amides is 1. The fraction of sp³-hybridized carbons (Fsp3) is 0.308. The van der Waals surface area contributed by atoms with Crippen LogP contribution in [-0.2, 0) is 6.54 Å². The number of halogens is 5. The van der Waals surface area contributed by atoms with Crippen LogP contribution in [0.15, 0.2) is 22.6 Å². The molecule has 0 saturated carbocycles. The van der Waals surface area contributed by atoms with Gasteiger partial charge in [0, 0.05) is 17.7 Å². The maximum Gasteiger partial charge on any atom is 0.403 e. The van der Waals surface area contributed by atoms with Crippen molar-refractivity contribution in [2.24, 2.45) is 0 Å². The minimum Gasteiger partial charge on any atom is -0.415 e. The van der Waals surface area contributed by atoms with Crippen molar-refractivity contribution >= 4 is 5.91 Å². The first-order chi connectivity index (χ1) is 11.2. The van der Waals surface area contributed by atoms with Gasteiger partial charge >= 0.3 is 12.6 Å². The highest BCUT2D eigenvalue weighted by Crippen LogP contribution is 2.27. The molecule has 0 saturated heterocycles. The van der Waals surface area contributed by atoms with Gasteiger partial charge in [-0.05, 0) is 17.7 Å². The number of hydrazine groups is 1. The lowest BCUT2D eigenvalue weighted by atomic mass is 10.0. The third-order valence-electron chi connectivity index (χ3n) is 3.22. The molecular weight excluding hydrogens is 339 g/mol. The molecule has 1 aliphatic rings. The van der Waals surface area contributed by atoms with E-state index >= 15 is 0 Å². The molecule has 2 heterocycles. The Morgan fingerprint density at radius 2 is 2.04 bits per heavy atom. The monoisotopic (exact) mass is 348 g/mol. The summed E-state index contributed by atoms with van der Waals surface area (Å²) in [5, 5.41) is 7.37. The summed E-state index contributed by atoms with van der Waals surface area (Å²) in [7, 11) is 0. The van der Waals surface area contributed by atoms with E-state index in [1.807, 2.05) is 0 Å². The summed E-state index contributed by atoms with van der Waals surface area (Å²) in [5.41, 5.74) is 2.81. The molecule has 3 rings (SSSR count). The third kappa shape index (κ3) is 3.35. The Kier molecular flexibility index (Phi) is 3.95. The molecule has 0 spiro atoms. The lowest BCUT2D eigenvalue weighted by molar-refractivity contribution is -0.152. The van der Waals surface area contributed by atoms with E-state index in [4.69, 9.17) is 4.42 Å². The average Bonchev–Trinajstić information content (AvgIpc) is 2.95. The number of nitrogens with zero attached hydrogens (tertiary/aromatic N) is 3. The van der Waals surface area contributed by atoms with Gasteiger partial charge in [0.15, 0.2) is 0 Å². The highest BCUT2D eigenvalue weighted by molar-refractivity contribution is 5.97. The van der Waals surface area contributed by atoms with Crippen molar-refractivity contribution in [3.8, 4) is 11.5 Å². The highest BCUT2D eigenvalue weighted by atomic mass is 19.4. The number of hydrogen-bond donors (Lipinski definition) is 1. The number of alkyl halides is 5. The van der Waals surface area contributed by atoms with Gasteiger partial charge in [-0.2, -0.15) is 22.0 Å². The molecule has 24 heavy (non-hydrogen) atoms. The zero-order valence-electron chi connectivity index (χ0n) is 11.8. The molecular formula is C13H9F5N4O2. The Labute approximate surface area is 131 Å². The summed E-state index contributed by atoms with van der Waals surface area (Å²) in [5.74, 6) is -1.81. The molecule has 0 bridgehead atoms. The molecule has 1 aliphatic heterocycles. The number of fused-ring (bicyclic) bond motifs is 1. The molecule has 1 aromatic carbocycles. The van der Waals surface area contributed by atoms with Gasteiger partial charge in [0.1, 0.15) is 6.54 Å². The molecule has 0 unspecified atom stereocenters. The van der Waals surface area contributed by atoms with Crippen LogP contribution in [0.5, 0.6) is 0 Å². The Morgan fingerprint density at radius 1 is 1.29 bits per heavy atom. The van der Waals surface area contributed by atoms with Gasteiger partial charge in [0.2, 0.25) is 5.89 Å². The Morgan fingerprint density at radius 3 is 2.67 bits per heavy atom. The van der Waals surface area contributed by atoms with E-state index in [9.17, 15) is 26.7 Å². The standard InChI is InChI=1S/C13H9F5N4O2/c14-9(15)12-20-19-11(24-12)6-1-2-7-4-22(5-13(16,17)18)21-10(23)8(7)3-6/h1-3,9H,4-5H2,(H,21,23). The summed E-state index contributed by atoms with van der Waals surface area (Å²) in [4.78, 5) is 12.0. The molecule has 0 fully saturated rings. The van der Waals surface area contributed by atoms with Crippen molar-refractivity contribution in [2.45, 2.75) is 19.1 Å². The zero-order valence-corrected chi connectivity index (χ0v) is 11.8. The minimum absolute atomic E-state index is 0.114. The lowest BCUT2D eigenvalue weighted by Gasteiger charge is -2.29. The fourth-order valence-electron chi connectivity index (χ4n) is 2.26. The van der Waals surface area contributed by atoms with Crippen LogP contribution in [0.3, 0.4) is 0 Å². The quantitative estimate of drug-likeness (QED) is 0.864. The van der Waals surface area contributed by atoms with Gasteiger partial charge < -0.3 is 4.42 Å². The van der Waals surface area contributed by atoms with Gasteiger partial charge in [0.25, 0.3) is 11.8 Å². The first-order valence-corrected chi connectivity index (χ1v) is 6.60. The minimum atomic E-state index is -4.46. The number of hydrogen-bond acceptors (Lipinski definition) is 5. The van der Waals surface area contributed by atoms with Gasteiger partial charge in [-0.1, -0.05) is 6.07 Å². The van der Waals surface area contributed by atoms with E-state index in [1.54, 1.807) is 0 Å². The van der Waals surface area contributed by atoms with E-state index in [0.717, 1.165) is 5.01 Å². The molecule has 0 radical (unpaired) electrons. The van der Waals surface area contributed by atoms with E-state index < -0.39 is 30.9 Å². The van der Waals surface area contributed by atoms with Crippen molar-refractivity contribution < 1.29 is 31.2 Å². The van der Waals surface area contributed by atoms with E-state index in [2.05, 4.69) is 15.6 Å². The molecule has 0 atom stereocenters. The number of carbonyl (C=O) groups excluding carboxylic acids is 1. The molecule has 1 amide bonds. The zero-order chi connectivity index (χ0) is 17.5. The van der Waals surface area contributed by atoms with Crippen LogP contribution in [0.1, 0.15) is 28.2 Å². The van der Waals surface area contributed by atoms with Crippen molar-refractivity contribution in [3.63, 3.8) is 0 Å². The lowest BCUT2D eigenvalue weighted by Crippen LogP contribution is -2.49. The summed E-state index contributed by atoms with van der Waals surface area (Å²) < 4.78 is 66.9. The topological polar surface area (TPSA) is 71.3 Å². The number of carbonyl (C=O) groups is 1. The Balaban J connectivity index is 1.86. The first kappa shape index (κ1) is 16.3. The summed E-state index contributed by atoms with van der Waals surface area (Å²) >= 11 is 0. The largest absolute Gasteiger partial charge is 0.415 e. The second kappa shape index (κ2) is 5.82. The van der Waals surface area contributed by atoms with E-state index in [0.29, 0.717) is 5.56 Å². The predicted octanol–water partition coefficient (Wildman–Crippen LogP) is 2.70. The van der Waals surface area contributed by atoms with Crippen molar-refractivity contribution in [3.05, 3.63) is 35.2 Å². The Bertz CT molecular complexity index is 774. The van der Waals surface area contributed by atoms with Crippen molar-refractivity contribution in [2.75, 3.05) is 6.54 Å². The molecule has 11 heteroatoms. The summed E-state index contributed by atoms with van der Waals surface area (Å²) in [6, 6.07) is 4.13. The van der Waals surface area contributed by atoms with Crippen LogP contribution in [0.2, 0.25) is 0 Å². The SMILES string of the molecule is O=C1NN(CC(F)(F)F)Cc2ccc(-c3nnc(C(F)F)o3)cc21. The number of nitrogens with one attached hydrogen (secondary N) is 1. The highest BCUT2D eigenvalue weighted by Gasteiger charge is 2.34. The maximum absolute atomic E-state index is 12.5. The summed E-state index contributed by atoms with van der Waals surface area (Å²) in [6.45, 7) is -1.44. The van der Waals surface area contributed by atoms with Crippen LogP contribution < -0.4 is 5.43 Å². The van der Waals surface area contributed by atoms with Crippen LogP contribution in [-0.4, -0.2) is 33.8 Å². The fourth-order valence-corrected chi connectivity index (χ4v) is 2.26. The summed E-state index contributed by atoms with van der Waals surface area (Å²) in [6.07, 6.45) is -7.39. The second-order valence-corrected chi connectivity index (χ2v) is 5.03. The van der Waals surface area contributed by atoms with E-state index in [1.165, 1.54) is 18.2 Å². The van der Waals surface area contributed by atoms with Gasteiger partial charge in [-0.3, -0.25) is 10.2 Å². The van der Waals surface area contributed by atoms with Crippen LogP contribution >= 0.6 is 0 Å².